The van der Waals surface area contributed by atoms with Gasteiger partial charge in [-0.3, -0.25) is 4.79 Å². The number of aromatic nitrogens is 1. The number of hydrogen-bond donors (Lipinski definition) is 0. The first-order valence-corrected chi connectivity index (χ1v) is 10.8. The molecule has 1 amide bonds. The third-order valence-electron chi connectivity index (χ3n) is 5.91. The summed E-state index contributed by atoms with van der Waals surface area (Å²) < 4.78 is 5.97. The predicted molar refractivity (Wildman–Crippen MR) is 107 cm³/mol. The van der Waals surface area contributed by atoms with Crippen molar-refractivity contribution in [2.75, 3.05) is 13.1 Å². The van der Waals surface area contributed by atoms with Crippen molar-refractivity contribution in [1.29, 1.82) is 0 Å². The molecule has 0 spiro atoms. The first kappa shape index (κ1) is 17.0. The zero-order valence-corrected chi connectivity index (χ0v) is 16.4. The number of likely N-dealkylation sites (tertiary alicyclic amines) is 1. The number of para-hydroxylation sites is 2. The SMILES string of the molecule is CC1CCc2sc(C(=O)N3CCCC(c4nc5ccccc5o4)C3)cc2C1. The number of thiophene rings is 1. The molecule has 0 bridgehead atoms. The molecule has 140 valence electrons. The standard InChI is InChI=1S/C22H24N2O2S/c1-14-8-9-19-16(11-14)12-20(27-19)22(25)24-10-4-5-15(13-24)21-23-17-6-2-3-7-18(17)26-21/h2-3,6-7,12,14-15H,4-5,8-11,13H2,1H3. The second kappa shape index (κ2) is 6.79. The molecule has 5 rings (SSSR count). The number of rotatable bonds is 2. The number of piperidine rings is 1. The summed E-state index contributed by atoms with van der Waals surface area (Å²) in [5.74, 6) is 1.87. The lowest BCUT2D eigenvalue weighted by Crippen LogP contribution is -2.38. The van der Waals surface area contributed by atoms with E-state index in [1.165, 1.54) is 16.9 Å². The third kappa shape index (κ3) is 3.18. The van der Waals surface area contributed by atoms with Crippen molar-refractivity contribution in [1.82, 2.24) is 9.88 Å². The molecule has 2 aliphatic rings. The Morgan fingerprint density at radius 2 is 2.19 bits per heavy atom. The maximum absolute atomic E-state index is 13.1. The van der Waals surface area contributed by atoms with E-state index in [2.05, 4.69) is 18.0 Å². The van der Waals surface area contributed by atoms with E-state index in [1.807, 2.05) is 29.2 Å². The van der Waals surface area contributed by atoms with Gasteiger partial charge in [0.1, 0.15) is 5.52 Å². The van der Waals surface area contributed by atoms with Gasteiger partial charge in [-0.1, -0.05) is 19.1 Å². The van der Waals surface area contributed by atoms with Crippen LogP contribution in [-0.4, -0.2) is 28.9 Å². The Morgan fingerprint density at radius 3 is 3.07 bits per heavy atom. The lowest BCUT2D eigenvalue weighted by molar-refractivity contribution is 0.0704. The summed E-state index contributed by atoms with van der Waals surface area (Å²) in [5.41, 5.74) is 3.13. The molecule has 2 unspecified atom stereocenters. The van der Waals surface area contributed by atoms with Gasteiger partial charge in [0.25, 0.3) is 5.91 Å². The number of aryl methyl sites for hydroxylation is 1. The zero-order chi connectivity index (χ0) is 18.4. The summed E-state index contributed by atoms with van der Waals surface area (Å²) in [4.78, 5) is 22.1. The topological polar surface area (TPSA) is 46.3 Å². The van der Waals surface area contributed by atoms with Gasteiger partial charge >= 0.3 is 0 Å². The van der Waals surface area contributed by atoms with Gasteiger partial charge in [-0.05, 0) is 61.8 Å². The number of nitrogens with zero attached hydrogens (tertiary/aromatic N) is 2. The van der Waals surface area contributed by atoms with Crippen LogP contribution in [0.1, 0.15) is 58.1 Å². The number of oxazole rings is 1. The molecule has 1 saturated heterocycles. The van der Waals surface area contributed by atoms with E-state index >= 15 is 0 Å². The zero-order valence-electron chi connectivity index (χ0n) is 15.6. The molecule has 1 aromatic carbocycles. The minimum atomic E-state index is 0.183. The van der Waals surface area contributed by atoms with Gasteiger partial charge in [0.05, 0.1) is 10.8 Å². The van der Waals surface area contributed by atoms with Crippen molar-refractivity contribution in [3.63, 3.8) is 0 Å². The van der Waals surface area contributed by atoms with Crippen LogP contribution in [0.3, 0.4) is 0 Å². The Hall–Kier alpha value is -2.14. The van der Waals surface area contributed by atoms with Gasteiger partial charge in [-0.25, -0.2) is 4.98 Å². The van der Waals surface area contributed by atoms with Gasteiger partial charge in [0, 0.05) is 18.0 Å². The number of amides is 1. The predicted octanol–water partition coefficient (Wildman–Crippen LogP) is 5.03. The van der Waals surface area contributed by atoms with Crippen molar-refractivity contribution in [3.05, 3.63) is 51.5 Å². The molecule has 2 atom stereocenters. The normalized spacial score (nSPS) is 22.8. The van der Waals surface area contributed by atoms with Gasteiger partial charge in [-0.15, -0.1) is 11.3 Å². The van der Waals surface area contributed by atoms with E-state index in [-0.39, 0.29) is 11.8 Å². The second-order valence-corrected chi connectivity index (χ2v) is 9.15. The molecule has 27 heavy (non-hydrogen) atoms. The molecule has 1 aliphatic carbocycles. The second-order valence-electron chi connectivity index (χ2n) is 8.02. The Morgan fingerprint density at radius 1 is 1.30 bits per heavy atom. The Bertz CT molecular complexity index is 956. The smallest absolute Gasteiger partial charge is 0.263 e. The highest BCUT2D eigenvalue weighted by Gasteiger charge is 2.30. The molecule has 4 nitrogen and oxygen atoms in total. The first-order chi connectivity index (χ1) is 13.2. The quantitative estimate of drug-likeness (QED) is 0.626. The van der Waals surface area contributed by atoms with Crippen molar-refractivity contribution in [2.45, 2.75) is 44.9 Å². The molecule has 0 N–H and O–H groups in total. The summed E-state index contributed by atoms with van der Waals surface area (Å²) in [6.45, 7) is 3.83. The molecule has 1 fully saturated rings. The fourth-order valence-electron chi connectivity index (χ4n) is 4.39. The van der Waals surface area contributed by atoms with Crippen LogP contribution in [-0.2, 0) is 12.8 Å². The fraction of sp³-hybridized carbons (Fsp3) is 0.455. The minimum Gasteiger partial charge on any atom is -0.440 e. The maximum Gasteiger partial charge on any atom is 0.263 e. The average molecular weight is 381 g/mol. The Balaban J connectivity index is 1.35. The number of carbonyl (C=O) groups is 1. The average Bonchev–Trinajstić information content (AvgIpc) is 3.31. The largest absolute Gasteiger partial charge is 0.440 e. The molecule has 2 aromatic heterocycles. The molecular weight excluding hydrogens is 356 g/mol. The van der Waals surface area contributed by atoms with Crippen molar-refractivity contribution in [3.8, 4) is 0 Å². The van der Waals surface area contributed by atoms with Crippen LogP contribution in [0.25, 0.3) is 11.1 Å². The van der Waals surface area contributed by atoms with Crippen LogP contribution >= 0.6 is 11.3 Å². The Labute approximate surface area is 163 Å². The monoisotopic (exact) mass is 380 g/mol. The number of benzene rings is 1. The molecule has 3 heterocycles. The van der Waals surface area contributed by atoms with Gasteiger partial charge in [0.15, 0.2) is 11.5 Å². The van der Waals surface area contributed by atoms with Crippen LogP contribution in [0.5, 0.6) is 0 Å². The van der Waals surface area contributed by atoms with Gasteiger partial charge < -0.3 is 9.32 Å². The third-order valence-corrected chi connectivity index (χ3v) is 7.13. The molecule has 0 radical (unpaired) electrons. The minimum absolute atomic E-state index is 0.183. The fourth-order valence-corrected chi connectivity index (χ4v) is 5.57. The molecular formula is C22H24N2O2S. The van der Waals surface area contributed by atoms with Crippen molar-refractivity contribution in [2.24, 2.45) is 5.92 Å². The van der Waals surface area contributed by atoms with E-state index < -0.39 is 0 Å². The highest BCUT2D eigenvalue weighted by atomic mass is 32.1. The molecule has 1 aliphatic heterocycles. The van der Waals surface area contributed by atoms with E-state index in [0.717, 1.165) is 60.0 Å². The van der Waals surface area contributed by atoms with Crippen LogP contribution < -0.4 is 0 Å². The van der Waals surface area contributed by atoms with Gasteiger partial charge in [-0.2, -0.15) is 0 Å². The summed E-state index contributed by atoms with van der Waals surface area (Å²) in [7, 11) is 0. The number of carbonyl (C=O) groups excluding carboxylic acids is 1. The van der Waals surface area contributed by atoms with Crippen molar-refractivity contribution >= 4 is 28.3 Å². The lowest BCUT2D eigenvalue weighted by Gasteiger charge is -2.31. The first-order valence-electron chi connectivity index (χ1n) is 9.93. The highest BCUT2D eigenvalue weighted by molar-refractivity contribution is 7.14. The summed E-state index contributed by atoms with van der Waals surface area (Å²) in [6.07, 6.45) is 5.50. The van der Waals surface area contributed by atoms with E-state index in [9.17, 15) is 4.79 Å². The van der Waals surface area contributed by atoms with E-state index in [1.54, 1.807) is 11.3 Å². The molecule has 3 aromatic rings. The lowest BCUT2D eigenvalue weighted by atomic mass is 9.90. The Kier molecular flexibility index (Phi) is 4.27. The van der Waals surface area contributed by atoms with Crippen LogP contribution in [0, 0.1) is 5.92 Å². The van der Waals surface area contributed by atoms with E-state index in [0.29, 0.717) is 6.54 Å². The van der Waals surface area contributed by atoms with Crippen LogP contribution in [0.4, 0.5) is 0 Å². The number of hydrogen-bond acceptors (Lipinski definition) is 4. The van der Waals surface area contributed by atoms with Crippen molar-refractivity contribution < 1.29 is 9.21 Å². The molecule has 0 saturated carbocycles. The molecule has 5 heteroatoms. The highest BCUT2D eigenvalue weighted by Crippen LogP contribution is 2.34. The van der Waals surface area contributed by atoms with Crippen LogP contribution in [0.2, 0.25) is 0 Å². The summed E-state index contributed by atoms with van der Waals surface area (Å²) >= 11 is 1.71. The van der Waals surface area contributed by atoms with Gasteiger partial charge in [0.2, 0.25) is 0 Å². The summed E-state index contributed by atoms with van der Waals surface area (Å²) in [5, 5.41) is 0. The number of fused-ring (bicyclic) bond motifs is 2. The van der Waals surface area contributed by atoms with E-state index in [4.69, 9.17) is 4.42 Å². The van der Waals surface area contributed by atoms with Crippen LogP contribution in [0.15, 0.2) is 34.7 Å². The summed E-state index contributed by atoms with van der Waals surface area (Å²) in [6, 6.07) is 10.0. The maximum atomic E-state index is 13.1.